The van der Waals surface area contributed by atoms with E-state index in [4.69, 9.17) is 42.8 Å². The second kappa shape index (κ2) is 19.4. The Kier molecular flexibility index (Phi) is 16.1. The normalized spacial score (nSPS) is 13.2. The zero-order chi connectivity index (χ0) is 32.7. The van der Waals surface area contributed by atoms with Gasteiger partial charge in [0, 0.05) is 54.9 Å². The number of alkyl halides is 1. The number of likely N-dealkylation sites (N-methyl/N-ethyl adjacent to an activating group) is 1. The molecule has 0 bridgehead atoms. The number of nitrogens with one attached hydrogen (secondary N) is 2. The molecule has 0 unspecified atom stereocenters. The molecule has 3 rings (SSSR count). The molecule has 9 nitrogen and oxygen atoms in total. The molecule has 0 aliphatic heterocycles. The van der Waals surface area contributed by atoms with Crippen LogP contribution in [0, 0.1) is 11.3 Å². The van der Waals surface area contributed by atoms with E-state index in [9.17, 15) is 10.1 Å². The minimum atomic E-state index is -0.455. The minimum Gasteiger partial charge on any atom is -0.448 e. The highest BCUT2D eigenvalue weighted by molar-refractivity contribution is 7.80. The van der Waals surface area contributed by atoms with Gasteiger partial charge in [-0.2, -0.15) is 5.26 Å². The molecule has 45 heavy (non-hydrogen) atoms. The van der Waals surface area contributed by atoms with E-state index in [0.717, 1.165) is 48.0 Å². The zero-order valence-corrected chi connectivity index (χ0v) is 29.9. The second-order valence-electron chi connectivity index (χ2n) is 11.1. The minimum absolute atomic E-state index is 0.165. The lowest BCUT2D eigenvalue weighted by molar-refractivity contribution is 0.0469. The third-order valence-electron chi connectivity index (χ3n) is 7.36. The monoisotopic (exact) mass is 696 g/mol. The van der Waals surface area contributed by atoms with Crippen LogP contribution in [0.3, 0.4) is 0 Å². The molecule has 13 heteroatoms. The van der Waals surface area contributed by atoms with Crippen LogP contribution in [0.5, 0.6) is 0 Å². The average Bonchev–Trinajstić information content (AvgIpc) is 3.70. The average molecular weight is 697 g/mol. The van der Waals surface area contributed by atoms with E-state index < -0.39 is 6.09 Å². The van der Waals surface area contributed by atoms with Crippen LogP contribution >= 0.6 is 46.5 Å². The first kappa shape index (κ1) is 37.2. The largest absolute Gasteiger partial charge is 0.448 e. The number of unbranched alkanes of at least 4 members (excludes halogenated alkanes) is 3. The lowest BCUT2D eigenvalue weighted by Gasteiger charge is -2.20. The van der Waals surface area contributed by atoms with Crippen molar-refractivity contribution in [2.24, 2.45) is 0 Å². The fourth-order valence-electron chi connectivity index (χ4n) is 4.75. The van der Waals surface area contributed by atoms with Crippen LogP contribution in [-0.2, 0) is 24.4 Å². The standard InChI is InChI=1S/C32H45ClN4O5S3/c1-32(2)25-20-24(19-23(22-34)30(43)35-10-14-39-4)44-28(25)29-26(32)21-27(45-29)37(3)12-16-42-31(38)36-11-15-41-18-17-40-13-8-6-5-7-9-33/h19-21H,5-18H2,1-4H3,(H,35,43)(H,36,38)/b23-19+. The van der Waals surface area contributed by atoms with Crippen LogP contribution in [-0.4, -0.2) is 90.4 Å². The van der Waals surface area contributed by atoms with E-state index in [2.05, 4.69) is 47.6 Å². The maximum atomic E-state index is 12.1. The molecule has 2 aromatic heterocycles. The third kappa shape index (κ3) is 11.2. The van der Waals surface area contributed by atoms with Gasteiger partial charge >= 0.3 is 6.09 Å². The summed E-state index contributed by atoms with van der Waals surface area (Å²) >= 11 is 14.5. The van der Waals surface area contributed by atoms with Gasteiger partial charge in [0.2, 0.25) is 0 Å². The topological polar surface area (TPSA) is 105 Å². The number of nitrogens with zero attached hydrogens (tertiary/aromatic N) is 2. The smallest absolute Gasteiger partial charge is 0.407 e. The quantitative estimate of drug-likeness (QED) is 0.0492. The van der Waals surface area contributed by atoms with E-state index in [-0.39, 0.29) is 12.0 Å². The number of anilines is 1. The Hall–Kier alpha value is -2.24. The van der Waals surface area contributed by atoms with Crippen molar-refractivity contribution in [3.8, 4) is 15.8 Å². The Morgan fingerprint density at radius 2 is 1.69 bits per heavy atom. The first-order chi connectivity index (χ1) is 21.7. The molecule has 1 amide bonds. The maximum absolute atomic E-state index is 12.1. The first-order valence-corrected chi connectivity index (χ1v) is 17.8. The Morgan fingerprint density at radius 3 is 2.42 bits per heavy atom. The summed E-state index contributed by atoms with van der Waals surface area (Å²) in [6.45, 7) is 8.92. The van der Waals surface area contributed by atoms with Gasteiger partial charge in [-0.1, -0.05) is 38.9 Å². The molecule has 0 saturated heterocycles. The highest BCUT2D eigenvalue weighted by atomic mass is 35.5. The molecule has 248 valence electrons. The van der Waals surface area contributed by atoms with Gasteiger partial charge in [0.1, 0.15) is 17.7 Å². The molecule has 0 radical (unpaired) electrons. The molecule has 2 heterocycles. The number of thiophene rings is 2. The summed E-state index contributed by atoms with van der Waals surface area (Å²) in [4.78, 5) is 18.1. The number of rotatable bonds is 21. The Balaban J connectivity index is 1.41. The van der Waals surface area contributed by atoms with E-state index in [1.165, 1.54) is 20.9 Å². The summed E-state index contributed by atoms with van der Waals surface area (Å²) < 4.78 is 21.5. The van der Waals surface area contributed by atoms with E-state index >= 15 is 0 Å². The molecule has 1 aliphatic carbocycles. The van der Waals surface area contributed by atoms with Crippen molar-refractivity contribution in [3.05, 3.63) is 33.7 Å². The lowest BCUT2D eigenvalue weighted by atomic mass is 9.84. The first-order valence-electron chi connectivity index (χ1n) is 15.2. The summed E-state index contributed by atoms with van der Waals surface area (Å²) in [5.74, 6) is 0.721. The Morgan fingerprint density at radius 1 is 1.00 bits per heavy atom. The van der Waals surface area contributed by atoms with Crippen molar-refractivity contribution in [2.75, 3.05) is 84.2 Å². The maximum Gasteiger partial charge on any atom is 0.407 e. The molecule has 2 N–H and O–H groups in total. The van der Waals surface area contributed by atoms with Gasteiger partial charge < -0.3 is 34.5 Å². The molecular formula is C32H45ClN4O5S3. The summed E-state index contributed by atoms with van der Waals surface area (Å²) in [7, 11) is 3.63. The van der Waals surface area contributed by atoms with E-state index in [0.29, 0.717) is 56.6 Å². The Labute approximate surface area is 285 Å². The SMILES string of the molecule is COCCNC(=S)/C(C#N)=C/c1cc2c(s1)-c1sc(N(C)CCOC(=O)NCCOCCOCCCCCCCl)cc1C2(C)C. The number of hydrogen-bond donors (Lipinski definition) is 2. The van der Waals surface area contributed by atoms with Crippen LogP contribution in [0.15, 0.2) is 17.7 Å². The number of ether oxygens (including phenoxy) is 4. The number of carbonyl (C=O) groups is 1. The van der Waals surface area contributed by atoms with Crippen molar-refractivity contribution >= 4 is 68.7 Å². The van der Waals surface area contributed by atoms with E-state index in [1.807, 2.05) is 13.1 Å². The molecule has 2 aromatic rings. The number of carbonyl (C=O) groups excluding carboxylic acids is 1. The summed E-state index contributed by atoms with van der Waals surface area (Å²) in [5.41, 5.74) is 2.82. The van der Waals surface area contributed by atoms with Crippen LogP contribution in [0.25, 0.3) is 15.8 Å². The number of hydrogen-bond acceptors (Lipinski definition) is 10. The van der Waals surface area contributed by atoms with Crippen molar-refractivity contribution in [1.82, 2.24) is 10.6 Å². The predicted molar refractivity (Wildman–Crippen MR) is 189 cm³/mol. The third-order valence-corrected chi connectivity index (χ3v) is 10.5. The van der Waals surface area contributed by atoms with Crippen molar-refractivity contribution < 1.29 is 23.7 Å². The predicted octanol–water partition coefficient (Wildman–Crippen LogP) is 6.58. The van der Waals surface area contributed by atoms with Gasteiger partial charge in [-0.25, -0.2) is 4.79 Å². The number of halogens is 1. The molecular weight excluding hydrogens is 652 g/mol. The van der Waals surface area contributed by atoms with E-state index in [1.54, 1.807) is 29.8 Å². The molecule has 1 aliphatic rings. The van der Waals surface area contributed by atoms with Gasteiger partial charge in [0.15, 0.2) is 0 Å². The number of methoxy groups -OCH3 is 1. The molecule has 0 atom stereocenters. The number of fused-ring (bicyclic) bond motifs is 3. The van der Waals surface area contributed by atoms with Gasteiger partial charge in [-0.3, -0.25) is 0 Å². The van der Waals surface area contributed by atoms with Crippen LogP contribution < -0.4 is 15.5 Å². The summed E-state index contributed by atoms with van der Waals surface area (Å²) in [5, 5.41) is 16.6. The lowest BCUT2D eigenvalue weighted by Crippen LogP contribution is -2.31. The van der Waals surface area contributed by atoms with Gasteiger partial charge in [-0.15, -0.1) is 34.3 Å². The van der Waals surface area contributed by atoms with Crippen LogP contribution in [0.2, 0.25) is 0 Å². The van der Waals surface area contributed by atoms with Crippen molar-refractivity contribution in [1.29, 1.82) is 5.26 Å². The summed E-state index contributed by atoms with van der Waals surface area (Å²) in [6.07, 6.45) is 5.77. The van der Waals surface area contributed by atoms with Crippen LogP contribution in [0.1, 0.15) is 55.5 Å². The van der Waals surface area contributed by atoms with Crippen molar-refractivity contribution in [2.45, 2.75) is 44.9 Å². The number of alkyl carbamates (subject to hydrolysis) is 1. The number of nitriles is 1. The van der Waals surface area contributed by atoms with Crippen molar-refractivity contribution in [3.63, 3.8) is 0 Å². The molecule has 0 spiro atoms. The summed E-state index contributed by atoms with van der Waals surface area (Å²) in [6, 6.07) is 6.63. The second-order valence-corrected chi connectivity index (χ2v) is 14.0. The fourth-order valence-corrected chi connectivity index (χ4v) is 7.87. The van der Waals surface area contributed by atoms with Gasteiger partial charge in [0.25, 0.3) is 0 Å². The number of thiocarbonyl (C=S) groups is 1. The number of amides is 1. The zero-order valence-electron chi connectivity index (χ0n) is 26.7. The van der Waals surface area contributed by atoms with Gasteiger partial charge in [0.05, 0.1) is 48.4 Å². The Bertz CT molecular complexity index is 1320. The molecule has 0 saturated carbocycles. The molecule has 0 fully saturated rings. The fraction of sp³-hybridized carbons (Fsp3) is 0.594. The van der Waals surface area contributed by atoms with Crippen LogP contribution in [0.4, 0.5) is 9.80 Å². The molecule has 0 aromatic carbocycles. The highest BCUT2D eigenvalue weighted by Gasteiger charge is 2.39. The van der Waals surface area contributed by atoms with Gasteiger partial charge in [-0.05, 0) is 42.2 Å². The highest BCUT2D eigenvalue weighted by Crippen LogP contribution is 2.57.